The van der Waals surface area contributed by atoms with Crippen LogP contribution in [-0.4, -0.2) is 60.1 Å². The maximum atomic E-state index is 14.4. The van der Waals surface area contributed by atoms with Crippen molar-refractivity contribution in [2.45, 2.75) is 51.5 Å². The number of aromatic nitrogens is 4. The molecule has 3 aromatic heterocycles. The van der Waals surface area contributed by atoms with Gasteiger partial charge in [-0.05, 0) is 33.3 Å². The van der Waals surface area contributed by atoms with E-state index >= 15 is 0 Å². The van der Waals surface area contributed by atoms with Crippen LogP contribution in [0.15, 0.2) is 18.3 Å². The number of fused-ring (bicyclic) bond motifs is 1. The van der Waals surface area contributed by atoms with E-state index in [0.717, 1.165) is 4.70 Å². The van der Waals surface area contributed by atoms with Gasteiger partial charge in [0.05, 0.1) is 45.4 Å². The topological polar surface area (TPSA) is 136 Å². The van der Waals surface area contributed by atoms with Gasteiger partial charge >= 0.3 is 0 Å². The molecule has 0 aliphatic heterocycles. The molecule has 4 aromatic rings. The van der Waals surface area contributed by atoms with E-state index in [9.17, 15) is 32.9 Å². The lowest BCUT2D eigenvalue weighted by Crippen LogP contribution is -2.35. The molecule has 0 saturated heterocycles. The molecule has 9 nitrogen and oxygen atoms in total. The fraction of sp³-hybridized carbons (Fsp3) is 0.385. The number of halogens is 4. The van der Waals surface area contributed by atoms with Crippen molar-refractivity contribution < 1.29 is 32.9 Å². The smallest absolute Gasteiger partial charge is 0.225 e. The van der Waals surface area contributed by atoms with Crippen LogP contribution in [0.4, 0.5) is 29.3 Å². The Morgan fingerprint density at radius 2 is 1.73 bits per heavy atom. The van der Waals surface area contributed by atoms with Crippen molar-refractivity contribution >= 4 is 33.3 Å². The normalized spacial score (nSPS) is 21.6. The van der Waals surface area contributed by atoms with Gasteiger partial charge in [-0.15, -0.1) is 11.3 Å². The third-order valence-electron chi connectivity index (χ3n) is 7.08. The van der Waals surface area contributed by atoms with Crippen LogP contribution in [0.1, 0.15) is 36.3 Å². The lowest BCUT2D eigenvalue weighted by atomic mass is 10.1. The number of aliphatic hydroxyl groups excluding tert-OH is 3. The largest absolute Gasteiger partial charge is 0.396 e. The minimum atomic E-state index is -1.54. The van der Waals surface area contributed by atoms with Crippen LogP contribution in [0.3, 0.4) is 0 Å². The lowest BCUT2D eigenvalue weighted by molar-refractivity contribution is 0.00446. The standard InChI is InChI=1S/C26H26F4N6O3S/c1-9(17-19(29)13(27)7-14(28)20(17)30)32-26-33-10(2)18(25-35-21-11(3)31-5-4-16(21)40-25)24(36-26)34-15-6-12(8-37)22(38)23(15)39/h4-5,7,9,12,15,22-23,37-39H,6,8H2,1-3H3,(H2,32,33,34,36)/t9-,12-,15-,22-,23+/m1/s1. The molecule has 0 spiro atoms. The van der Waals surface area contributed by atoms with Gasteiger partial charge in [-0.2, -0.15) is 4.98 Å². The van der Waals surface area contributed by atoms with Gasteiger partial charge in [0.15, 0.2) is 23.3 Å². The van der Waals surface area contributed by atoms with Crippen molar-refractivity contribution in [2.75, 3.05) is 17.2 Å². The monoisotopic (exact) mass is 578 g/mol. The highest BCUT2D eigenvalue weighted by molar-refractivity contribution is 7.21. The van der Waals surface area contributed by atoms with E-state index in [4.69, 9.17) is 4.98 Å². The summed E-state index contributed by atoms with van der Waals surface area (Å²) in [6.07, 6.45) is -0.509. The number of nitrogens with zero attached hydrogens (tertiary/aromatic N) is 4. The highest BCUT2D eigenvalue weighted by Gasteiger charge is 2.41. The number of rotatable bonds is 7. The molecule has 3 heterocycles. The first-order chi connectivity index (χ1) is 19.0. The van der Waals surface area contributed by atoms with Crippen LogP contribution in [0, 0.1) is 43.0 Å². The molecule has 0 radical (unpaired) electrons. The van der Waals surface area contributed by atoms with Crippen molar-refractivity contribution in [3.05, 3.63) is 58.5 Å². The maximum Gasteiger partial charge on any atom is 0.225 e. The highest BCUT2D eigenvalue weighted by atomic mass is 32.1. The molecular weight excluding hydrogens is 552 g/mol. The summed E-state index contributed by atoms with van der Waals surface area (Å²) in [6.45, 7) is 4.45. The summed E-state index contributed by atoms with van der Waals surface area (Å²) >= 11 is 1.36. The van der Waals surface area contributed by atoms with E-state index in [-0.39, 0.29) is 30.9 Å². The summed E-state index contributed by atoms with van der Waals surface area (Å²) in [5, 5.41) is 36.9. The minimum absolute atomic E-state index is 0.120. The van der Waals surface area contributed by atoms with E-state index in [2.05, 4.69) is 25.6 Å². The first-order valence-electron chi connectivity index (χ1n) is 12.4. The number of benzene rings is 1. The van der Waals surface area contributed by atoms with Crippen molar-refractivity contribution in [2.24, 2.45) is 5.92 Å². The number of anilines is 2. The van der Waals surface area contributed by atoms with Crippen LogP contribution in [0.2, 0.25) is 0 Å². The molecule has 5 rings (SSSR count). The second-order valence-electron chi connectivity index (χ2n) is 9.78. The lowest BCUT2D eigenvalue weighted by Gasteiger charge is -2.22. The van der Waals surface area contributed by atoms with Crippen LogP contribution in [0.5, 0.6) is 0 Å². The third-order valence-corrected chi connectivity index (χ3v) is 8.11. The Kier molecular flexibility index (Phi) is 7.61. The molecule has 1 aliphatic rings. The average Bonchev–Trinajstić information content (AvgIpc) is 3.45. The summed E-state index contributed by atoms with van der Waals surface area (Å²) in [5.74, 6) is -6.65. The fourth-order valence-corrected chi connectivity index (χ4v) is 6.06. The van der Waals surface area contributed by atoms with Gasteiger partial charge in [-0.1, -0.05) is 0 Å². The first kappa shape index (κ1) is 28.1. The molecule has 0 bridgehead atoms. The van der Waals surface area contributed by atoms with Gasteiger partial charge in [-0.25, -0.2) is 27.5 Å². The van der Waals surface area contributed by atoms with Crippen LogP contribution < -0.4 is 10.6 Å². The molecule has 5 N–H and O–H groups in total. The second-order valence-corrected chi connectivity index (χ2v) is 10.8. The van der Waals surface area contributed by atoms with E-state index < -0.39 is 59.0 Å². The summed E-state index contributed by atoms with van der Waals surface area (Å²) < 4.78 is 57.4. The molecule has 5 atom stereocenters. The SMILES string of the molecule is Cc1nc(N[C@H](C)c2c(F)c(F)cc(F)c2F)nc(N[C@@H]2C[C@H](CO)[C@@H](O)[C@H]2O)c1-c1nc2c(C)nccc2s1. The number of aryl methyl sites for hydroxylation is 2. The van der Waals surface area contributed by atoms with Crippen LogP contribution in [0.25, 0.3) is 20.8 Å². The molecule has 1 aliphatic carbocycles. The molecule has 1 aromatic carbocycles. The van der Waals surface area contributed by atoms with Gasteiger partial charge in [0.1, 0.15) is 22.4 Å². The molecule has 0 unspecified atom stereocenters. The van der Waals surface area contributed by atoms with Crippen LogP contribution in [-0.2, 0) is 0 Å². The summed E-state index contributed by atoms with van der Waals surface area (Å²) in [5.41, 5.74) is 1.41. The fourth-order valence-electron chi connectivity index (χ4n) is 4.95. The Morgan fingerprint density at radius 1 is 1.02 bits per heavy atom. The Bertz CT molecular complexity index is 1560. The number of pyridine rings is 1. The number of hydrogen-bond acceptors (Lipinski definition) is 10. The zero-order chi connectivity index (χ0) is 28.9. The number of thiazole rings is 1. The number of hydrogen-bond donors (Lipinski definition) is 5. The van der Waals surface area contributed by atoms with E-state index in [0.29, 0.717) is 27.5 Å². The third kappa shape index (κ3) is 4.96. The molecule has 14 heteroatoms. The summed E-state index contributed by atoms with van der Waals surface area (Å²) in [7, 11) is 0. The second kappa shape index (κ2) is 10.8. The summed E-state index contributed by atoms with van der Waals surface area (Å²) in [6, 6.07) is -0.0454. The average molecular weight is 579 g/mol. The highest BCUT2D eigenvalue weighted by Crippen LogP contribution is 2.39. The van der Waals surface area contributed by atoms with E-state index in [1.54, 1.807) is 13.1 Å². The Hall–Kier alpha value is -3.46. The Labute approximate surface area is 230 Å². The zero-order valence-corrected chi connectivity index (χ0v) is 22.4. The minimum Gasteiger partial charge on any atom is -0.396 e. The summed E-state index contributed by atoms with van der Waals surface area (Å²) in [4.78, 5) is 17.9. The number of nitrogens with one attached hydrogen (secondary N) is 2. The first-order valence-corrected chi connectivity index (χ1v) is 13.3. The van der Waals surface area contributed by atoms with Crippen molar-refractivity contribution in [1.82, 2.24) is 19.9 Å². The van der Waals surface area contributed by atoms with Crippen LogP contribution >= 0.6 is 11.3 Å². The molecule has 1 fully saturated rings. The molecule has 1 saturated carbocycles. The Balaban J connectivity index is 1.58. The van der Waals surface area contributed by atoms with Gasteiger partial charge in [0.25, 0.3) is 0 Å². The van der Waals surface area contributed by atoms with Crippen molar-refractivity contribution in [3.63, 3.8) is 0 Å². The zero-order valence-electron chi connectivity index (χ0n) is 21.6. The van der Waals surface area contributed by atoms with Gasteiger partial charge in [0.2, 0.25) is 5.95 Å². The predicted molar refractivity (Wildman–Crippen MR) is 141 cm³/mol. The Morgan fingerprint density at radius 3 is 2.35 bits per heavy atom. The maximum absolute atomic E-state index is 14.4. The van der Waals surface area contributed by atoms with Crippen molar-refractivity contribution in [1.29, 1.82) is 0 Å². The van der Waals surface area contributed by atoms with E-state index in [1.165, 1.54) is 18.3 Å². The quantitative estimate of drug-likeness (QED) is 0.163. The van der Waals surface area contributed by atoms with Crippen molar-refractivity contribution in [3.8, 4) is 10.6 Å². The molecule has 40 heavy (non-hydrogen) atoms. The van der Waals surface area contributed by atoms with Gasteiger partial charge in [-0.3, -0.25) is 4.98 Å². The molecule has 212 valence electrons. The predicted octanol–water partition coefficient (Wildman–Crippen LogP) is 4.01. The van der Waals surface area contributed by atoms with Gasteiger partial charge < -0.3 is 26.0 Å². The van der Waals surface area contributed by atoms with E-state index in [1.807, 2.05) is 13.0 Å². The molecular formula is C26H26F4N6O3S. The molecule has 0 amide bonds. The number of aliphatic hydroxyl groups is 3. The van der Waals surface area contributed by atoms with Gasteiger partial charge in [0, 0.05) is 24.8 Å².